The second-order valence-corrected chi connectivity index (χ2v) is 4.87. The number of carbonyl (C=O) groups is 1. The van der Waals surface area contributed by atoms with Crippen molar-refractivity contribution in [3.05, 3.63) is 53.9 Å². The topological polar surface area (TPSA) is 56.9 Å². The Morgan fingerprint density at radius 1 is 1.21 bits per heavy atom. The monoisotopic (exact) mass is 255 g/mol. The molecule has 1 aliphatic rings. The zero-order valence-electron chi connectivity index (χ0n) is 10.6. The maximum absolute atomic E-state index is 11.9. The van der Waals surface area contributed by atoms with Gasteiger partial charge in [-0.15, -0.1) is 0 Å². The van der Waals surface area contributed by atoms with Crippen molar-refractivity contribution in [3.63, 3.8) is 0 Å². The predicted molar refractivity (Wildman–Crippen MR) is 75.4 cm³/mol. The molecule has 0 saturated carbocycles. The van der Waals surface area contributed by atoms with E-state index in [1.165, 1.54) is 12.0 Å². The van der Waals surface area contributed by atoms with E-state index in [2.05, 4.69) is 27.8 Å². The normalized spacial score (nSPS) is 18.4. The first-order chi connectivity index (χ1) is 9.33. The molecule has 1 aromatic carbocycles. The van der Waals surface area contributed by atoms with Gasteiger partial charge in [-0.3, -0.25) is 4.79 Å². The molecule has 0 spiro atoms. The summed E-state index contributed by atoms with van der Waals surface area (Å²) >= 11 is 0. The zero-order chi connectivity index (χ0) is 13.1. The van der Waals surface area contributed by atoms with E-state index < -0.39 is 0 Å². The summed E-state index contributed by atoms with van der Waals surface area (Å²) in [5, 5.41) is 6.25. The van der Waals surface area contributed by atoms with Gasteiger partial charge in [0, 0.05) is 24.6 Å². The number of rotatable bonds is 3. The van der Waals surface area contributed by atoms with Gasteiger partial charge in [-0.1, -0.05) is 12.1 Å². The van der Waals surface area contributed by atoms with Crippen LogP contribution in [0.4, 0.5) is 5.69 Å². The number of carbonyl (C=O) groups excluding carboxylic acids is 1. The molecule has 4 nitrogen and oxygen atoms in total. The molecule has 4 heteroatoms. The van der Waals surface area contributed by atoms with E-state index in [4.69, 9.17) is 0 Å². The minimum absolute atomic E-state index is 0.0865. The number of H-pyrrole nitrogens is 1. The van der Waals surface area contributed by atoms with Crippen LogP contribution in [0, 0.1) is 0 Å². The van der Waals surface area contributed by atoms with Gasteiger partial charge in [-0.05, 0) is 42.6 Å². The molecule has 1 saturated heterocycles. The molecule has 3 rings (SSSR count). The minimum Gasteiger partial charge on any atom is -0.367 e. The standard InChI is InChI=1S/C15H17N3O/c19-15(13-6-8-17-10-13)18-14-3-1-11(2-4-14)12-5-7-16-9-12/h1-4,6,8,10,12,16-17H,5,7,9H2,(H,18,19). The van der Waals surface area contributed by atoms with Gasteiger partial charge in [0.05, 0.1) is 5.56 Å². The highest BCUT2D eigenvalue weighted by Gasteiger charge is 2.16. The number of aromatic amines is 1. The van der Waals surface area contributed by atoms with Crippen molar-refractivity contribution in [2.75, 3.05) is 18.4 Å². The zero-order valence-corrected chi connectivity index (χ0v) is 10.6. The van der Waals surface area contributed by atoms with Gasteiger partial charge in [-0.2, -0.15) is 0 Å². The lowest BCUT2D eigenvalue weighted by Crippen LogP contribution is -2.11. The van der Waals surface area contributed by atoms with Crippen LogP contribution in [0.1, 0.15) is 28.3 Å². The number of hydrogen-bond donors (Lipinski definition) is 3. The second kappa shape index (κ2) is 5.28. The number of nitrogens with one attached hydrogen (secondary N) is 3. The summed E-state index contributed by atoms with van der Waals surface area (Å²) in [6.07, 6.45) is 4.62. The van der Waals surface area contributed by atoms with Crippen LogP contribution in [0.25, 0.3) is 0 Å². The molecule has 1 atom stereocenters. The molecule has 1 aromatic heterocycles. The Hall–Kier alpha value is -2.07. The largest absolute Gasteiger partial charge is 0.367 e. The van der Waals surface area contributed by atoms with Gasteiger partial charge in [0.2, 0.25) is 0 Å². The summed E-state index contributed by atoms with van der Waals surface area (Å²) in [6.45, 7) is 2.14. The second-order valence-electron chi connectivity index (χ2n) is 4.87. The molecule has 3 N–H and O–H groups in total. The van der Waals surface area contributed by atoms with E-state index >= 15 is 0 Å². The van der Waals surface area contributed by atoms with Gasteiger partial charge < -0.3 is 15.6 Å². The third-order valence-electron chi connectivity index (χ3n) is 3.56. The van der Waals surface area contributed by atoms with Crippen LogP contribution in [0.2, 0.25) is 0 Å². The fraction of sp³-hybridized carbons (Fsp3) is 0.267. The Balaban J connectivity index is 1.67. The minimum atomic E-state index is -0.0865. The van der Waals surface area contributed by atoms with Crippen LogP contribution in [0.3, 0.4) is 0 Å². The number of amides is 1. The Labute approximate surface area is 112 Å². The number of aromatic nitrogens is 1. The molecule has 1 fully saturated rings. The molecular weight excluding hydrogens is 238 g/mol. The van der Waals surface area contributed by atoms with Crippen LogP contribution < -0.4 is 10.6 Å². The average molecular weight is 255 g/mol. The van der Waals surface area contributed by atoms with Gasteiger partial charge in [0.25, 0.3) is 5.91 Å². The molecule has 2 heterocycles. The molecular formula is C15H17N3O. The molecule has 2 aromatic rings. The third kappa shape index (κ3) is 2.69. The van der Waals surface area contributed by atoms with E-state index in [1.54, 1.807) is 18.5 Å². The third-order valence-corrected chi connectivity index (χ3v) is 3.56. The van der Waals surface area contributed by atoms with Gasteiger partial charge in [0.15, 0.2) is 0 Å². The lowest BCUT2D eigenvalue weighted by molar-refractivity contribution is 0.102. The average Bonchev–Trinajstić information content (AvgIpc) is 3.13. The fourth-order valence-electron chi connectivity index (χ4n) is 2.45. The van der Waals surface area contributed by atoms with Crippen molar-refractivity contribution in [3.8, 4) is 0 Å². The van der Waals surface area contributed by atoms with Gasteiger partial charge in [0.1, 0.15) is 0 Å². The summed E-state index contributed by atoms with van der Waals surface area (Å²) in [5.74, 6) is 0.519. The Morgan fingerprint density at radius 2 is 2.05 bits per heavy atom. The van der Waals surface area contributed by atoms with Crippen molar-refractivity contribution >= 4 is 11.6 Å². The van der Waals surface area contributed by atoms with E-state index in [9.17, 15) is 4.79 Å². The number of hydrogen-bond acceptors (Lipinski definition) is 2. The highest BCUT2D eigenvalue weighted by molar-refractivity contribution is 6.04. The maximum Gasteiger partial charge on any atom is 0.257 e. The van der Waals surface area contributed by atoms with Crippen molar-refractivity contribution < 1.29 is 4.79 Å². The Bertz CT molecular complexity index is 539. The van der Waals surface area contributed by atoms with Crippen molar-refractivity contribution in [2.24, 2.45) is 0 Å². The van der Waals surface area contributed by atoms with E-state index in [0.29, 0.717) is 11.5 Å². The first kappa shape index (κ1) is 12.0. The number of anilines is 1. The van der Waals surface area contributed by atoms with Crippen LogP contribution in [0.15, 0.2) is 42.7 Å². The molecule has 1 amide bonds. The van der Waals surface area contributed by atoms with Gasteiger partial charge >= 0.3 is 0 Å². The molecule has 19 heavy (non-hydrogen) atoms. The highest BCUT2D eigenvalue weighted by Crippen LogP contribution is 2.23. The summed E-state index contributed by atoms with van der Waals surface area (Å²) in [5.41, 5.74) is 2.81. The van der Waals surface area contributed by atoms with Crippen LogP contribution in [-0.4, -0.2) is 24.0 Å². The smallest absolute Gasteiger partial charge is 0.257 e. The summed E-state index contributed by atoms with van der Waals surface area (Å²) in [4.78, 5) is 14.8. The molecule has 98 valence electrons. The maximum atomic E-state index is 11.9. The van der Waals surface area contributed by atoms with Crippen LogP contribution >= 0.6 is 0 Å². The highest BCUT2D eigenvalue weighted by atomic mass is 16.1. The summed E-state index contributed by atoms with van der Waals surface area (Å²) < 4.78 is 0. The SMILES string of the molecule is O=C(Nc1ccc(C2CCNC2)cc1)c1cc[nH]c1. The fourth-order valence-corrected chi connectivity index (χ4v) is 2.45. The van der Waals surface area contributed by atoms with Crippen molar-refractivity contribution in [2.45, 2.75) is 12.3 Å². The van der Waals surface area contributed by atoms with Gasteiger partial charge in [-0.25, -0.2) is 0 Å². The Morgan fingerprint density at radius 3 is 2.68 bits per heavy atom. The van der Waals surface area contributed by atoms with E-state index in [0.717, 1.165) is 18.8 Å². The quantitative estimate of drug-likeness (QED) is 0.788. The van der Waals surface area contributed by atoms with E-state index in [1.807, 2.05) is 12.1 Å². The van der Waals surface area contributed by atoms with Crippen molar-refractivity contribution in [1.82, 2.24) is 10.3 Å². The van der Waals surface area contributed by atoms with Crippen LogP contribution in [-0.2, 0) is 0 Å². The molecule has 1 unspecified atom stereocenters. The number of benzene rings is 1. The van der Waals surface area contributed by atoms with Crippen molar-refractivity contribution in [1.29, 1.82) is 0 Å². The first-order valence-corrected chi connectivity index (χ1v) is 6.58. The Kier molecular flexibility index (Phi) is 3.33. The molecule has 0 radical (unpaired) electrons. The lowest BCUT2D eigenvalue weighted by atomic mass is 9.98. The first-order valence-electron chi connectivity index (χ1n) is 6.58. The molecule has 0 bridgehead atoms. The van der Waals surface area contributed by atoms with Crippen LogP contribution in [0.5, 0.6) is 0 Å². The molecule has 1 aliphatic heterocycles. The van der Waals surface area contributed by atoms with E-state index in [-0.39, 0.29) is 5.91 Å². The molecule has 0 aliphatic carbocycles. The predicted octanol–water partition coefficient (Wildman–Crippen LogP) is 2.34. The summed E-state index contributed by atoms with van der Waals surface area (Å²) in [7, 11) is 0. The summed E-state index contributed by atoms with van der Waals surface area (Å²) in [6, 6.07) is 9.90. The lowest BCUT2D eigenvalue weighted by Gasteiger charge is -2.10.